The first-order valence-electron chi connectivity index (χ1n) is 7.02. The molecule has 0 amide bonds. The van der Waals surface area contributed by atoms with E-state index >= 15 is 0 Å². The predicted molar refractivity (Wildman–Crippen MR) is 89.1 cm³/mol. The molecule has 116 valence electrons. The minimum atomic E-state index is -0.0860. The first kappa shape index (κ1) is 15.7. The van der Waals surface area contributed by atoms with Gasteiger partial charge in [0, 0.05) is 17.8 Å². The molecule has 2 aromatic carbocycles. The average molecular weight is 299 g/mol. The average Bonchev–Trinajstić information content (AvgIpc) is 2.47. The molecule has 0 aliphatic carbocycles. The zero-order valence-corrected chi connectivity index (χ0v) is 12.7. The van der Waals surface area contributed by atoms with E-state index in [1.54, 1.807) is 6.07 Å². The second kappa shape index (κ2) is 6.41. The molecule has 0 saturated heterocycles. The van der Waals surface area contributed by atoms with Gasteiger partial charge in [0.2, 0.25) is 0 Å². The van der Waals surface area contributed by atoms with Gasteiger partial charge in [-0.3, -0.25) is 5.01 Å². The van der Waals surface area contributed by atoms with Crippen molar-refractivity contribution in [2.45, 2.75) is 19.8 Å². The normalized spacial score (nSPS) is 11.7. The lowest BCUT2D eigenvalue weighted by Crippen LogP contribution is -2.25. The number of hydrogen-bond donors (Lipinski definition) is 4. The molecule has 0 aromatic heterocycles. The Morgan fingerprint density at radius 3 is 2.32 bits per heavy atom. The summed E-state index contributed by atoms with van der Waals surface area (Å²) >= 11 is 0. The van der Waals surface area contributed by atoms with Gasteiger partial charge in [0.1, 0.15) is 11.5 Å². The Balaban J connectivity index is 2.38. The number of anilines is 1. The molecule has 0 radical (unpaired) electrons. The van der Waals surface area contributed by atoms with Crippen LogP contribution in [0.2, 0.25) is 0 Å². The molecule has 5 nitrogen and oxygen atoms in total. The van der Waals surface area contributed by atoms with E-state index in [0.717, 1.165) is 5.69 Å². The molecule has 6 N–H and O–H groups in total. The number of phenols is 2. The molecule has 0 saturated carbocycles. The lowest BCUT2D eigenvalue weighted by atomic mass is 9.98. The van der Waals surface area contributed by atoms with Crippen LogP contribution in [0.5, 0.6) is 11.5 Å². The summed E-state index contributed by atoms with van der Waals surface area (Å²) in [6, 6.07) is 12.3. The summed E-state index contributed by atoms with van der Waals surface area (Å²) in [6.07, 6.45) is 1.53. The maximum absolute atomic E-state index is 10.0. The van der Waals surface area contributed by atoms with Crippen LogP contribution in [0.15, 0.2) is 48.7 Å². The van der Waals surface area contributed by atoms with E-state index in [0.29, 0.717) is 16.8 Å². The van der Waals surface area contributed by atoms with E-state index in [1.807, 2.05) is 44.2 Å². The Morgan fingerprint density at radius 2 is 1.73 bits per heavy atom. The quantitative estimate of drug-likeness (QED) is 0.514. The van der Waals surface area contributed by atoms with Crippen LogP contribution >= 0.6 is 0 Å². The molecule has 0 atom stereocenters. The Hall–Kier alpha value is -2.66. The first-order chi connectivity index (χ1) is 10.4. The molecule has 0 aliphatic heterocycles. The van der Waals surface area contributed by atoms with Crippen molar-refractivity contribution in [3.63, 3.8) is 0 Å². The van der Waals surface area contributed by atoms with Crippen LogP contribution < -0.4 is 16.6 Å². The molecule has 0 fully saturated rings. The minimum Gasteiger partial charge on any atom is -0.508 e. The molecule has 0 unspecified atom stereocenters. The van der Waals surface area contributed by atoms with Crippen LogP contribution in [0.4, 0.5) is 5.69 Å². The molecule has 22 heavy (non-hydrogen) atoms. The van der Waals surface area contributed by atoms with Crippen molar-refractivity contribution in [2.75, 3.05) is 5.01 Å². The van der Waals surface area contributed by atoms with Gasteiger partial charge in [0.05, 0.1) is 11.4 Å². The molecule has 0 heterocycles. The fourth-order valence-electron chi connectivity index (χ4n) is 2.18. The van der Waals surface area contributed by atoms with E-state index in [1.165, 1.54) is 17.3 Å². The van der Waals surface area contributed by atoms with Gasteiger partial charge in [-0.1, -0.05) is 32.0 Å². The van der Waals surface area contributed by atoms with Crippen LogP contribution in [0.25, 0.3) is 5.70 Å². The van der Waals surface area contributed by atoms with Crippen LogP contribution in [0, 0.1) is 0 Å². The summed E-state index contributed by atoms with van der Waals surface area (Å²) in [5.41, 5.74) is 8.29. The van der Waals surface area contributed by atoms with Gasteiger partial charge < -0.3 is 15.9 Å². The highest BCUT2D eigenvalue weighted by Gasteiger charge is 2.13. The molecular formula is C17H21N3O2. The van der Waals surface area contributed by atoms with Crippen molar-refractivity contribution in [2.24, 2.45) is 11.6 Å². The second-order valence-electron chi connectivity index (χ2n) is 5.41. The predicted octanol–water partition coefficient (Wildman–Crippen LogP) is 2.86. The van der Waals surface area contributed by atoms with Crippen molar-refractivity contribution in [1.29, 1.82) is 0 Å². The SMILES string of the molecule is CC(C)c1cc(/C(N)=C/N(N)c2ccccc2)c(O)cc1O. The Morgan fingerprint density at radius 1 is 1.09 bits per heavy atom. The van der Waals surface area contributed by atoms with Crippen molar-refractivity contribution in [3.05, 3.63) is 59.8 Å². The maximum atomic E-state index is 10.0. The van der Waals surface area contributed by atoms with Gasteiger partial charge >= 0.3 is 0 Å². The number of benzene rings is 2. The highest BCUT2D eigenvalue weighted by Crippen LogP contribution is 2.34. The number of nitrogens with two attached hydrogens (primary N) is 2. The van der Waals surface area contributed by atoms with Crippen molar-refractivity contribution < 1.29 is 10.2 Å². The number of hydrazine groups is 1. The summed E-state index contributed by atoms with van der Waals surface area (Å²) in [4.78, 5) is 0. The maximum Gasteiger partial charge on any atom is 0.128 e. The van der Waals surface area contributed by atoms with E-state index in [-0.39, 0.29) is 17.4 Å². The van der Waals surface area contributed by atoms with Crippen LogP contribution in [-0.4, -0.2) is 10.2 Å². The molecule has 0 bridgehead atoms. The lowest BCUT2D eigenvalue weighted by molar-refractivity contribution is 0.443. The topological polar surface area (TPSA) is 95.7 Å². The molecule has 2 aromatic rings. The zero-order chi connectivity index (χ0) is 16.3. The smallest absolute Gasteiger partial charge is 0.128 e. The van der Waals surface area contributed by atoms with E-state index in [9.17, 15) is 10.2 Å². The molecular weight excluding hydrogens is 278 g/mol. The third-order valence-corrected chi connectivity index (χ3v) is 3.41. The Kier molecular flexibility index (Phi) is 4.58. The van der Waals surface area contributed by atoms with Gasteiger partial charge in [0.15, 0.2) is 0 Å². The number of rotatable bonds is 4. The fraction of sp³-hybridized carbons (Fsp3) is 0.176. The van der Waals surface area contributed by atoms with Crippen LogP contribution in [-0.2, 0) is 0 Å². The minimum absolute atomic E-state index is 0.0525. The summed E-state index contributed by atoms with van der Waals surface area (Å²) in [6.45, 7) is 3.91. The molecule has 2 rings (SSSR count). The monoisotopic (exact) mass is 299 g/mol. The van der Waals surface area contributed by atoms with Gasteiger partial charge in [-0.25, -0.2) is 5.84 Å². The van der Waals surface area contributed by atoms with Crippen LogP contribution in [0.3, 0.4) is 0 Å². The lowest BCUT2D eigenvalue weighted by Gasteiger charge is -2.17. The number of aromatic hydroxyl groups is 2. The van der Waals surface area contributed by atoms with Gasteiger partial charge in [-0.15, -0.1) is 0 Å². The summed E-state index contributed by atoms with van der Waals surface area (Å²) in [7, 11) is 0. The first-order valence-corrected chi connectivity index (χ1v) is 7.02. The van der Waals surface area contributed by atoms with E-state index in [2.05, 4.69) is 0 Å². The standard InChI is InChI=1S/C17H21N3O2/c1-11(2)13-8-14(17(22)9-16(13)21)15(18)10-20(19)12-6-4-3-5-7-12/h3-11,21-22H,18-19H2,1-2H3/b15-10-. The van der Waals surface area contributed by atoms with Gasteiger partial charge in [-0.2, -0.15) is 0 Å². The van der Waals surface area contributed by atoms with E-state index in [4.69, 9.17) is 11.6 Å². The number of para-hydroxylation sites is 1. The number of phenolic OH excluding ortho intramolecular Hbond substituents is 2. The summed E-state index contributed by atoms with van der Waals surface area (Å²) in [5.74, 6) is 6.03. The molecule has 0 aliphatic rings. The van der Waals surface area contributed by atoms with Crippen molar-refractivity contribution in [1.82, 2.24) is 0 Å². The van der Waals surface area contributed by atoms with Crippen molar-refractivity contribution in [3.8, 4) is 11.5 Å². The zero-order valence-electron chi connectivity index (χ0n) is 12.7. The second-order valence-corrected chi connectivity index (χ2v) is 5.41. The highest BCUT2D eigenvalue weighted by molar-refractivity contribution is 5.72. The summed E-state index contributed by atoms with van der Waals surface area (Å²) < 4.78 is 0. The largest absolute Gasteiger partial charge is 0.508 e. The molecule has 0 spiro atoms. The fourth-order valence-corrected chi connectivity index (χ4v) is 2.18. The number of nitrogens with zero attached hydrogens (tertiary/aromatic N) is 1. The molecule has 5 heteroatoms. The Bertz CT molecular complexity index is 682. The van der Waals surface area contributed by atoms with Gasteiger partial charge in [0.25, 0.3) is 0 Å². The highest BCUT2D eigenvalue weighted by atomic mass is 16.3. The third-order valence-electron chi connectivity index (χ3n) is 3.41. The Labute approximate surface area is 130 Å². The van der Waals surface area contributed by atoms with E-state index < -0.39 is 0 Å². The summed E-state index contributed by atoms with van der Waals surface area (Å²) in [5, 5.41) is 21.3. The van der Waals surface area contributed by atoms with Crippen molar-refractivity contribution >= 4 is 11.4 Å². The van der Waals surface area contributed by atoms with Gasteiger partial charge in [-0.05, 0) is 29.7 Å². The number of hydrogen-bond acceptors (Lipinski definition) is 5. The third kappa shape index (κ3) is 3.32. The van der Waals surface area contributed by atoms with Crippen LogP contribution in [0.1, 0.15) is 30.9 Å².